The molecule has 3 aromatic rings. The summed E-state index contributed by atoms with van der Waals surface area (Å²) >= 11 is 12.0. The van der Waals surface area contributed by atoms with Crippen LogP contribution in [0.15, 0.2) is 42.5 Å². The Morgan fingerprint density at radius 3 is 2.43 bits per heavy atom. The van der Waals surface area contributed by atoms with E-state index in [0.29, 0.717) is 15.7 Å². The Labute approximate surface area is 146 Å². The minimum Gasteiger partial charge on any atom is -0.386 e. The lowest BCUT2D eigenvalue weighted by Crippen LogP contribution is -2.09. The van der Waals surface area contributed by atoms with Crippen molar-refractivity contribution in [3.05, 3.63) is 58.2 Å². The molecule has 6 heteroatoms. The fourth-order valence-corrected chi connectivity index (χ4v) is 3.58. The second kappa shape index (κ2) is 6.65. The molecule has 2 atom stereocenters. The van der Waals surface area contributed by atoms with E-state index in [1.165, 1.54) is 0 Å². The Hall–Kier alpha value is -1.33. The van der Waals surface area contributed by atoms with Gasteiger partial charge < -0.3 is 10.1 Å². The molecule has 0 saturated heterocycles. The number of halogens is 2. The number of aliphatic hydroxyl groups is 1. The molecule has 0 bridgehead atoms. The fraction of sp³-hybridized carbons (Fsp3) is 0.176. The molecular weight excluding hydrogens is 353 g/mol. The van der Waals surface area contributed by atoms with Crippen molar-refractivity contribution < 1.29 is 9.32 Å². The number of H-pyrrole nitrogens is 1. The third kappa shape index (κ3) is 3.45. The number of aromatic amines is 1. The van der Waals surface area contributed by atoms with Gasteiger partial charge in [-0.25, -0.2) is 0 Å². The summed E-state index contributed by atoms with van der Waals surface area (Å²) in [5.74, 6) is 0.168. The van der Waals surface area contributed by atoms with Gasteiger partial charge in [0.15, 0.2) is 0 Å². The van der Waals surface area contributed by atoms with E-state index in [2.05, 4.69) is 4.98 Å². The highest BCUT2D eigenvalue weighted by atomic mass is 35.5. The molecule has 23 heavy (non-hydrogen) atoms. The number of hydrogen-bond donors (Lipinski definition) is 2. The van der Waals surface area contributed by atoms with Gasteiger partial charge in [-0.05, 0) is 29.8 Å². The van der Waals surface area contributed by atoms with Crippen LogP contribution < -0.4 is 0 Å². The largest absolute Gasteiger partial charge is 0.386 e. The zero-order valence-corrected chi connectivity index (χ0v) is 14.7. The van der Waals surface area contributed by atoms with Crippen molar-refractivity contribution in [2.45, 2.75) is 6.10 Å². The third-order valence-corrected chi connectivity index (χ3v) is 4.92. The van der Waals surface area contributed by atoms with Crippen LogP contribution in [0.5, 0.6) is 0 Å². The number of nitrogens with one attached hydrogen (secondary N) is 1. The van der Waals surface area contributed by atoms with E-state index in [-0.39, 0.29) is 5.75 Å². The quantitative estimate of drug-likeness (QED) is 0.710. The van der Waals surface area contributed by atoms with Crippen LogP contribution in [-0.4, -0.2) is 26.3 Å². The van der Waals surface area contributed by atoms with E-state index in [1.807, 2.05) is 30.3 Å². The van der Waals surface area contributed by atoms with Gasteiger partial charge in [-0.3, -0.25) is 4.21 Å². The summed E-state index contributed by atoms with van der Waals surface area (Å²) in [5, 5.41) is 12.7. The topological polar surface area (TPSA) is 53.1 Å². The monoisotopic (exact) mass is 367 g/mol. The summed E-state index contributed by atoms with van der Waals surface area (Å²) in [5.41, 5.74) is 3.28. The number of aromatic nitrogens is 1. The molecule has 0 aliphatic rings. The summed E-state index contributed by atoms with van der Waals surface area (Å²) in [4.78, 5) is 3.22. The molecule has 0 saturated carbocycles. The van der Waals surface area contributed by atoms with Crippen LogP contribution in [0, 0.1) is 0 Å². The minimum absolute atomic E-state index is 0.168. The van der Waals surface area contributed by atoms with Gasteiger partial charge in [0.1, 0.15) is 6.10 Å². The molecule has 0 amide bonds. The van der Waals surface area contributed by atoms with Crippen LogP contribution in [0.2, 0.25) is 10.0 Å². The van der Waals surface area contributed by atoms with Crippen LogP contribution in [0.4, 0.5) is 0 Å². The highest BCUT2D eigenvalue weighted by Gasteiger charge is 2.20. The number of benzene rings is 2. The van der Waals surface area contributed by atoms with Crippen molar-refractivity contribution in [1.82, 2.24) is 4.98 Å². The summed E-state index contributed by atoms with van der Waals surface area (Å²) < 4.78 is 11.5. The minimum atomic E-state index is -1.11. The van der Waals surface area contributed by atoms with Crippen molar-refractivity contribution in [2.24, 2.45) is 0 Å². The van der Waals surface area contributed by atoms with Crippen molar-refractivity contribution in [1.29, 1.82) is 0 Å². The van der Waals surface area contributed by atoms with Gasteiger partial charge in [-0.1, -0.05) is 41.4 Å². The second-order valence-electron chi connectivity index (χ2n) is 5.37. The molecule has 0 radical (unpaired) electrons. The van der Waals surface area contributed by atoms with E-state index in [1.54, 1.807) is 18.4 Å². The first-order chi connectivity index (χ1) is 11.0. The van der Waals surface area contributed by atoms with E-state index in [0.717, 1.165) is 22.0 Å². The summed E-state index contributed by atoms with van der Waals surface area (Å²) in [6.45, 7) is 0. The maximum atomic E-state index is 11.5. The number of fused-ring (bicyclic) bond motifs is 1. The van der Waals surface area contributed by atoms with E-state index in [9.17, 15) is 9.32 Å². The van der Waals surface area contributed by atoms with Gasteiger partial charge >= 0.3 is 0 Å². The average molecular weight is 368 g/mol. The van der Waals surface area contributed by atoms with Gasteiger partial charge in [-0.15, -0.1) is 0 Å². The molecule has 2 N–H and O–H groups in total. The van der Waals surface area contributed by atoms with Crippen LogP contribution in [0.1, 0.15) is 11.8 Å². The summed E-state index contributed by atoms with van der Waals surface area (Å²) in [6, 6.07) is 13.0. The van der Waals surface area contributed by atoms with Gasteiger partial charge in [0.2, 0.25) is 0 Å². The van der Waals surface area contributed by atoms with Crippen molar-refractivity contribution >= 4 is 44.9 Å². The maximum Gasteiger partial charge on any atom is 0.106 e. The first-order valence-electron chi connectivity index (χ1n) is 7.01. The average Bonchev–Trinajstić information content (AvgIpc) is 2.86. The molecular formula is C17H15Cl2NO2S. The number of rotatable bonds is 4. The predicted molar refractivity (Wildman–Crippen MR) is 97.6 cm³/mol. The van der Waals surface area contributed by atoms with E-state index < -0.39 is 16.9 Å². The summed E-state index contributed by atoms with van der Waals surface area (Å²) in [6.07, 6.45) is 0.725. The standard InChI is InChI=1S/C17H15Cl2NO2S/c1-23(22)9-15(21)17-16(10-2-4-11(18)5-3-10)13-7-6-12(19)8-14(13)20-17/h2-8,15,20-21H,9H2,1H3. The van der Waals surface area contributed by atoms with Gasteiger partial charge in [0.05, 0.1) is 11.4 Å². The Balaban J connectivity index is 2.23. The molecule has 1 aromatic heterocycles. The predicted octanol–water partition coefficient (Wildman–Crippen LogP) is 4.55. The second-order valence-corrected chi connectivity index (χ2v) is 7.72. The van der Waals surface area contributed by atoms with Crippen LogP contribution in [0.3, 0.4) is 0 Å². The Morgan fingerprint density at radius 2 is 1.78 bits per heavy atom. The highest BCUT2D eigenvalue weighted by molar-refractivity contribution is 7.84. The SMILES string of the molecule is CS(=O)CC(O)c1[nH]c2cc(Cl)ccc2c1-c1ccc(Cl)cc1. The lowest BCUT2D eigenvalue weighted by atomic mass is 10.00. The normalized spacial score (nSPS) is 14.1. The number of hydrogen-bond acceptors (Lipinski definition) is 2. The van der Waals surface area contributed by atoms with Crippen LogP contribution in [-0.2, 0) is 10.8 Å². The molecule has 3 rings (SSSR count). The van der Waals surface area contributed by atoms with Gasteiger partial charge in [-0.2, -0.15) is 0 Å². The van der Waals surface area contributed by atoms with Crippen molar-refractivity contribution in [2.75, 3.05) is 12.0 Å². The first kappa shape index (κ1) is 16.5. The van der Waals surface area contributed by atoms with Crippen molar-refractivity contribution in [3.8, 4) is 11.1 Å². The molecule has 1 heterocycles. The van der Waals surface area contributed by atoms with Crippen molar-refractivity contribution in [3.63, 3.8) is 0 Å². The van der Waals surface area contributed by atoms with Crippen LogP contribution >= 0.6 is 23.2 Å². The Morgan fingerprint density at radius 1 is 1.13 bits per heavy atom. The molecule has 0 aliphatic carbocycles. The first-order valence-corrected chi connectivity index (χ1v) is 9.49. The molecule has 2 aromatic carbocycles. The van der Waals surface area contributed by atoms with Crippen LogP contribution in [0.25, 0.3) is 22.0 Å². The third-order valence-electron chi connectivity index (χ3n) is 3.65. The molecule has 3 nitrogen and oxygen atoms in total. The Bertz CT molecular complexity index is 874. The number of aliphatic hydroxyl groups excluding tert-OH is 1. The zero-order valence-electron chi connectivity index (χ0n) is 12.3. The fourth-order valence-electron chi connectivity index (χ4n) is 2.67. The molecule has 0 aliphatic heterocycles. The lowest BCUT2D eigenvalue weighted by Gasteiger charge is -2.11. The molecule has 2 unspecified atom stereocenters. The smallest absolute Gasteiger partial charge is 0.106 e. The zero-order chi connectivity index (χ0) is 16.6. The Kier molecular flexibility index (Phi) is 4.78. The highest BCUT2D eigenvalue weighted by Crippen LogP contribution is 2.37. The van der Waals surface area contributed by atoms with Gasteiger partial charge in [0.25, 0.3) is 0 Å². The molecule has 120 valence electrons. The molecule has 0 spiro atoms. The van der Waals surface area contributed by atoms with E-state index >= 15 is 0 Å². The van der Waals surface area contributed by atoms with Gasteiger partial charge in [0, 0.05) is 43.6 Å². The summed E-state index contributed by atoms with van der Waals surface area (Å²) in [7, 11) is -1.11. The maximum absolute atomic E-state index is 11.5. The lowest BCUT2D eigenvalue weighted by molar-refractivity contribution is 0.199. The van der Waals surface area contributed by atoms with E-state index in [4.69, 9.17) is 23.2 Å². The molecule has 0 fully saturated rings.